The first-order valence-electron chi connectivity index (χ1n) is 8.94. The number of piperidine rings is 1. The van der Waals surface area contributed by atoms with Crippen LogP contribution in [0, 0.1) is 5.92 Å². The summed E-state index contributed by atoms with van der Waals surface area (Å²) < 4.78 is 0. The maximum absolute atomic E-state index is 12.8. The molecule has 3 atom stereocenters. The van der Waals surface area contributed by atoms with Crippen molar-refractivity contribution in [1.29, 1.82) is 0 Å². The number of carbonyl (C=O) groups excluding carboxylic acids is 1. The molecule has 1 amide bonds. The smallest absolute Gasteiger partial charge is 0.239 e. The van der Waals surface area contributed by atoms with Gasteiger partial charge < -0.3 is 15.1 Å². The molecular weight excluding hydrogens is 262 g/mol. The fourth-order valence-corrected chi connectivity index (χ4v) is 4.56. The third kappa shape index (κ3) is 3.26. The quantitative estimate of drug-likeness (QED) is 0.862. The molecule has 0 aromatic heterocycles. The molecule has 1 N–H and O–H groups in total. The molecule has 1 saturated carbocycles. The number of hydrogen-bond donors (Lipinski definition) is 1. The van der Waals surface area contributed by atoms with Crippen LogP contribution in [0.2, 0.25) is 0 Å². The van der Waals surface area contributed by atoms with Gasteiger partial charge in [-0.3, -0.25) is 4.79 Å². The van der Waals surface area contributed by atoms with Gasteiger partial charge >= 0.3 is 0 Å². The van der Waals surface area contributed by atoms with Gasteiger partial charge in [-0.15, -0.1) is 0 Å². The number of carbonyl (C=O) groups is 1. The number of hydrogen-bond acceptors (Lipinski definition) is 3. The van der Waals surface area contributed by atoms with Crippen molar-refractivity contribution in [2.24, 2.45) is 5.92 Å². The molecule has 1 aliphatic carbocycles. The van der Waals surface area contributed by atoms with Gasteiger partial charge in [-0.2, -0.15) is 0 Å². The second kappa shape index (κ2) is 6.66. The molecule has 4 heteroatoms. The van der Waals surface area contributed by atoms with E-state index in [0.717, 1.165) is 44.8 Å². The van der Waals surface area contributed by atoms with E-state index in [9.17, 15) is 4.79 Å². The highest BCUT2D eigenvalue weighted by atomic mass is 16.2. The predicted octanol–water partition coefficient (Wildman–Crippen LogP) is 1.85. The van der Waals surface area contributed by atoms with Crippen molar-refractivity contribution >= 4 is 5.91 Å². The molecule has 0 spiro atoms. The van der Waals surface area contributed by atoms with E-state index in [1.807, 2.05) is 7.05 Å². The highest BCUT2D eigenvalue weighted by Crippen LogP contribution is 2.34. The van der Waals surface area contributed by atoms with E-state index >= 15 is 0 Å². The van der Waals surface area contributed by atoms with E-state index in [-0.39, 0.29) is 6.04 Å². The maximum atomic E-state index is 12.8. The Morgan fingerprint density at radius 2 is 1.90 bits per heavy atom. The summed E-state index contributed by atoms with van der Waals surface area (Å²) >= 11 is 0. The molecule has 4 nitrogen and oxygen atoms in total. The molecule has 0 radical (unpaired) electrons. The van der Waals surface area contributed by atoms with E-state index in [4.69, 9.17) is 0 Å². The van der Waals surface area contributed by atoms with Crippen molar-refractivity contribution in [3.05, 3.63) is 0 Å². The lowest BCUT2D eigenvalue weighted by Crippen LogP contribution is -2.51. The van der Waals surface area contributed by atoms with Crippen molar-refractivity contribution in [3.63, 3.8) is 0 Å². The Kier molecular flexibility index (Phi) is 4.85. The van der Waals surface area contributed by atoms with Crippen LogP contribution in [-0.2, 0) is 4.79 Å². The van der Waals surface area contributed by atoms with Crippen molar-refractivity contribution in [2.75, 3.05) is 26.7 Å². The number of nitrogens with one attached hydrogen (secondary N) is 1. The summed E-state index contributed by atoms with van der Waals surface area (Å²) in [6, 6.07) is 1.15. The molecule has 3 fully saturated rings. The number of nitrogens with zero attached hydrogens (tertiary/aromatic N) is 2. The number of fused-ring (bicyclic) bond motifs is 1. The van der Waals surface area contributed by atoms with Crippen LogP contribution in [0.5, 0.6) is 0 Å². The Hall–Kier alpha value is -0.610. The second-order valence-corrected chi connectivity index (χ2v) is 7.22. The summed E-state index contributed by atoms with van der Waals surface area (Å²) in [5, 5.41) is 3.63. The summed E-state index contributed by atoms with van der Waals surface area (Å²) in [7, 11) is 2.03. The zero-order valence-electron chi connectivity index (χ0n) is 13.7. The first-order valence-corrected chi connectivity index (χ1v) is 8.94. The number of amides is 1. The average Bonchev–Trinajstić information content (AvgIpc) is 2.97. The molecule has 0 aromatic rings. The third-order valence-corrected chi connectivity index (χ3v) is 6.06. The molecule has 120 valence electrons. The fraction of sp³-hybridized carbons (Fsp3) is 0.941. The van der Waals surface area contributed by atoms with Crippen LogP contribution in [0.4, 0.5) is 0 Å². The maximum Gasteiger partial charge on any atom is 0.239 e. The Morgan fingerprint density at radius 1 is 1.19 bits per heavy atom. The van der Waals surface area contributed by atoms with Crippen LogP contribution in [0.25, 0.3) is 0 Å². The van der Waals surface area contributed by atoms with E-state index in [1.54, 1.807) is 0 Å². The molecule has 2 heterocycles. The summed E-state index contributed by atoms with van der Waals surface area (Å²) in [6.07, 6.45) is 8.62. The van der Waals surface area contributed by atoms with E-state index < -0.39 is 0 Å². The highest BCUT2D eigenvalue weighted by Gasteiger charge is 2.40. The summed E-state index contributed by atoms with van der Waals surface area (Å²) in [5.74, 6) is 1.10. The Morgan fingerprint density at radius 3 is 2.57 bits per heavy atom. The van der Waals surface area contributed by atoms with E-state index in [2.05, 4.69) is 22.0 Å². The molecule has 2 aliphatic heterocycles. The second-order valence-electron chi connectivity index (χ2n) is 7.22. The predicted molar refractivity (Wildman–Crippen MR) is 85.2 cm³/mol. The SMILES string of the molecule is CCN1CCC(N(C)C(=O)[C@@H]2C[C@@H]3CCCC[C@H]3N2)CC1. The Labute approximate surface area is 129 Å². The number of rotatable bonds is 3. The lowest BCUT2D eigenvalue weighted by molar-refractivity contribution is -0.134. The van der Waals surface area contributed by atoms with Crippen molar-refractivity contribution in [2.45, 2.75) is 70.0 Å². The van der Waals surface area contributed by atoms with Crippen LogP contribution in [0.15, 0.2) is 0 Å². The molecule has 2 saturated heterocycles. The van der Waals surface area contributed by atoms with Crippen LogP contribution in [0.3, 0.4) is 0 Å². The summed E-state index contributed by atoms with van der Waals surface area (Å²) in [6.45, 7) is 5.64. The highest BCUT2D eigenvalue weighted by molar-refractivity contribution is 5.82. The standard InChI is InChI=1S/C17H31N3O/c1-3-20-10-8-14(9-11-20)19(2)17(21)16-12-13-6-4-5-7-15(13)18-16/h13-16,18H,3-12H2,1-2H3/t13-,15+,16-/m0/s1. The average molecular weight is 293 g/mol. The number of likely N-dealkylation sites (tertiary alicyclic amines) is 1. The minimum absolute atomic E-state index is 0.0901. The lowest BCUT2D eigenvalue weighted by Gasteiger charge is -2.37. The summed E-state index contributed by atoms with van der Waals surface area (Å²) in [5.41, 5.74) is 0. The third-order valence-electron chi connectivity index (χ3n) is 6.06. The molecule has 0 bridgehead atoms. The lowest BCUT2D eigenvalue weighted by atomic mass is 9.85. The van der Waals surface area contributed by atoms with Gasteiger partial charge in [0.2, 0.25) is 5.91 Å². The van der Waals surface area contributed by atoms with Gasteiger partial charge in [-0.1, -0.05) is 19.8 Å². The van der Waals surface area contributed by atoms with Gasteiger partial charge in [-0.25, -0.2) is 0 Å². The van der Waals surface area contributed by atoms with Crippen molar-refractivity contribution in [1.82, 2.24) is 15.1 Å². The largest absolute Gasteiger partial charge is 0.341 e. The minimum Gasteiger partial charge on any atom is -0.341 e. The monoisotopic (exact) mass is 293 g/mol. The fourth-order valence-electron chi connectivity index (χ4n) is 4.56. The van der Waals surface area contributed by atoms with Gasteiger partial charge in [0.1, 0.15) is 0 Å². The van der Waals surface area contributed by atoms with Crippen molar-refractivity contribution < 1.29 is 4.79 Å². The Bertz CT molecular complexity index is 351. The van der Waals surface area contributed by atoms with Gasteiger partial charge in [-0.05, 0) is 44.6 Å². The van der Waals surface area contributed by atoms with Gasteiger partial charge in [0.25, 0.3) is 0 Å². The van der Waals surface area contributed by atoms with Crippen LogP contribution < -0.4 is 5.32 Å². The molecule has 0 unspecified atom stereocenters. The van der Waals surface area contributed by atoms with Gasteiger partial charge in [0.15, 0.2) is 0 Å². The molecule has 21 heavy (non-hydrogen) atoms. The normalized spacial score (nSPS) is 34.7. The molecular formula is C17H31N3O. The van der Waals surface area contributed by atoms with Crippen LogP contribution >= 0.6 is 0 Å². The first-order chi connectivity index (χ1) is 10.2. The van der Waals surface area contributed by atoms with Crippen LogP contribution in [-0.4, -0.2) is 60.5 Å². The van der Waals surface area contributed by atoms with E-state index in [1.165, 1.54) is 25.7 Å². The van der Waals surface area contributed by atoms with E-state index in [0.29, 0.717) is 18.0 Å². The minimum atomic E-state index is 0.0901. The first kappa shape index (κ1) is 15.3. The zero-order chi connectivity index (χ0) is 14.8. The molecule has 3 rings (SSSR count). The van der Waals surface area contributed by atoms with Gasteiger partial charge in [0.05, 0.1) is 6.04 Å². The van der Waals surface area contributed by atoms with Crippen molar-refractivity contribution in [3.8, 4) is 0 Å². The number of likely N-dealkylation sites (N-methyl/N-ethyl adjacent to an activating group) is 1. The van der Waals surface area contributed by atoms with Gasteiger partial charge in [0, 0.05) is 32.2 Å². The summed E-state index contributed by atoms with van der Waals surface area (Å²) in [4.78, 5) is 17.3. The van der Waals surface area contributed by atoms with Crippen LogP contribution in [0.1, 0.15) is 51.9 Å². The Balaban J connectivity index is 1.53. The topological polar surface area (TPSA) is 35.6 Å². The molecule has 0 aromatic carbocycles. The molecule has 3 aliphatic rings. The zero-order valence-corrected chi connectivity index (χ0v) is 13.7.